The largest absolute Gasteiger partial charge is 0.480 e. The van der Waals surface area contributed by atoms with Gasteiger partial charge in [0.25, 0.3) is 5.56 Å². The molecule has 13 heteroatoms. The molecule has 398 valence electrons. The molecule has 0 spiro atoms. The Morgan fingerprint density at radius 2 is 1.13 bits per heavy atom. The molecule has 10 nitrogen and oxygen atoms in total. The Bertz CT molecular complexity index is 3180. The molecule has 1 aliphatic carbocycles. The molecule has 3 N–H and O–H groups in total. The van der Waals surface area contributed by atoms with Crippen molar-refractivity contribution in [2.75, 3.05) is 0 Å². The molecule has 0 saturated heterocycles. The minimum Gasteiger partial charge on any atom is -0.480 e. The van der Waals surface area contributed by atoms with Crippen LogP contribution in [0.2, 0.25) is 0 Å². The van der Waals surface area contributed by atoms with E-state index in [2.05, 4.69) is 88.4 Å². The highest BCUT2D eigenvalue weighted by atomic mass is 32.1. The third-order valence-corrected chi connectivity index (χ3v) is 18.6. The van der Waals surface area contributed by atoms with E-state index in [9.17, 15) is 39.8 Å². The molecule has 6 aromatic rings. The molecule has 0 bridgehead atoms. The van der Waals surface area contributed by atoms with Gasteiger partial charge in [-0.25, -0.2) is 4.79 Å². The van der Waals surface area contributed by atoms with Crippen molar-refractivity contribution in [3.8, 4) is 36.0 Å². The van der Waals surface area contributed by atoms with Gasteiger partial charge >= 0.3 is 17.9 Å². The minimum absolute atomic E-state index is 0.193. The van der Waals surface area contributed by atoms with Crippen molar-refractivity contribution in [3.63, 3.8) is 0 Å². The zero-order chi connectivity index (χ0) is 53.4. The van der Waals surface area contributed by atoms with Crippen LogP contribution < -0.4 is 16.4 Å². The quantitative estimate of drug-likeness (QED) is 0.0391. The topological polar surface area (TPSA) is 163 Å². The molecular formula is C62H75N3O7S3. The summed E-state index contributed by atoms with van der Waals surface area (Å²) in [6.45, 7) is 7.10. The van der Waals surface area contributed by atoms with Crippen LogP contribution in [-0.4, -0.2) is 42.4 Å². The van der Waals surface area contributed by atoms with Gasteiger partial charge in [0.05, 0.1) is 0 Å². The van der Waals surface area contributed by atoms with E-state index in [4.69, 9.17) is 0 Å². The summed E-state index contributed by atoms with van der Waals surface area (Å²) in [5, 5.41) is 39.7. The Morgan fingerprint density at radius 1 is 0.613 bits per heavy atom. The summed E-state index contributed by atoms with van der Waals surface area (Å²) in [6, 6.07) is 25.1. The van der Waals surface area contributed by atoms with Crippen molar-refractivity contribution in [2.24, 2.45) is 0 Å². The monoisotopic (exact) mass is 1070 g/mol. The summed E-state index contributed by atoms with van der Waals surface area (Å²) in [6.07, 6.45) is 25.5. The molecule has 2 aromatic carbocycles. The summed E-state index contributed by atoms with van der Waals surface area (Å²) in [5.74, 6) is -4.12. The number of aliphatic carboxylic acids is 3. The van der Waals surface area contributed by atoms with Crippen LogP contribution in [0.1, 0.15) is 187 Å². The number of imidazole rings is 1. The standard InChI is InChI=1S/C62H75N3O7S3/c1-5-9-13-17-24-43-34-54(73-53(43)37-51-61(70)65(40-57(68)69)60(50(38-63)62(71)72)64(51)39-56(66)67)58-46(26-19-15-11-7-3)36-55(75-58)59-45(25-18-14-10-6-2)35-52(74-59)44-31-32-48-42(33-44)30-29-41-23-21-22-27-47(41)49(48)28-20-16-12-8-4/h21-23,27,31-37,49H,5-20,24-26,28-30,39-40H2,1-4H3,(H,66,67)(H,68,69)(H,71,72). The van der Waals surface area contributed by atoms with E-state index in [1.165, 1.54) is 121 Å². The number of carboxylic acids is 3. The Morgan fingerprint density at radius 3 is 1.73 bits per heavy atom. The van der Waals surface area contributed by atoms with E-state index in [0.29, 0.717) is 21.8 Å². The van der Waals surface area contributed by atoms with Gasteiger partial charge in [-0.15, -0.1) is 34.0 Å². The first-order valence-electron chi connectivity index (χ1n) is 27.6. The Labute approximate surface area is 454 Å². The van der Waals surface area contributed by atoms with Crippen LogP contribution in [0.25, 0.3) is 41.6 Å². The number of nitriles is 1. The number of carboxylic acid groups (broad SMARTS) is 3. The van der Waals surface area contributed by atoms with Crippen LogP contribution in [0, 0.1) is 11.3 Å². The highest BCUT2D eigenvalue weighted by Crippen LogP contribution is 2.48. The van der Waals surface area contributed by atoms with Gasteiger partial charge in [-0.3, -0.25) is 19.0 Å². The van der Waals surface area contributed by atoms with E-state index in [1.54, 1.807) is 12.1 Å². The molecule has 75 heavy (non-hydrogen) atoms. The summed E-state index contributed by atoms with van der Waals surface area (Å²) in [5.41, 5.74) is 8.45. The lowest BCUT2D eigenvalue weighted by molar-refractivity contribution is -0.138. The normalized spacial score (nSPS) is 13.9. The number of rotatable bonds is 29. The number of hydrogen-bond acceptors (Lipinski definition) is 8. The zero-order valence-corrected chi connectivity index (χ0v) is 46.9. The predicted molar refractivity (Wildman–Crippen MR) is 308 cm³/mol. The first-order valence-corrected chi connectivity index (χ1v) is 30.1. The minimum atomic E-state index is -1.70. The molecule has 4 heterocycles. The van der Waals surface area contributed by atoms with Crippen molar-refractivity contribution in [1.82, 2.24) is 9.13 Å². The highest BCUT2D eigenvalue weighted by molar-refractivity contribution is 7.27. The number of nitrogens with zero attached hydrogens (tertiary/aromatic N) is 3. The average Bonchev–Trinajstić information content (AvgIpc) is 4.16. The second-order valence-corrected chi connectivity index (χ2v) is 23.5. The SMILES string of the molecule is CCCCCCc1cc(-c2sc(-c3sc(-c4ccc5c(c4)CCc4ccccc4C5CCCCCC)cc3CCCCCC)cc2CCCCCC)sc1C=c1c(=O)n(CC(=O)O)c(=C(C#N)C(=O)O)n1CC(=O)O. The first-order chi connectivity index (χ1) is 36.4. The Hall–Kier alpha value is -5.81. The second kappa shape index (κ2) is 27.8. The lowest BCUT2D eigenvalue weighted by atomic mass is 9.83. The lowest BCUT2D eigenvalue weighted by Gasteiger charge is -2.21. The number of unbranched alkanes of at least 4 members (excludes halogenated alkanes) is 12. The van der Waals surface area contributed by atoms with Crippen molar-refractivity contribution < 1.29 is 29.7 Å². The molecule has 1 atom stereocenters. The third kappa shape index (κ3) is 14.2. The van der Waals surface area contributed by atoms with Crippen LogP contribution >= 0.6 is 34.0 Å². The summed E-state index contributed by atoms with van der Waals surface area (Å²) in [7, 11) is 0. The van der Waals surface area contributed by atoms with Gasteiger partial charge in [-0.05, 0) is 127 Å². The average molecular weight is 1070 g/mol. The molecular weight excluding hydrogens is 995 g/mol. The van der Waals surface area contributed by atoms with Crippen LogP contribution in [-0.2, 0) is 59.6 Å². The summed E-state index contributed by atoms with van der Waals surface area (Å²) < 4.78 is 1.65. The Balaban J connectivity index is 1.37. The van der Waals surface area contributed by atoms with Gasteiger partial charge in [-0.1, -0.05) is 154 Å². The van der Waals surface area contributed by atoms with E-state index in [0.717, 1.165) is 98.5 Å². The second-order valence-electron chi connectivity index (χ2n) is 20.3. The highest BCUT2D eigenvalue weighted by Gasteiger charge is 2.27. The van der Waals surface area contributed by atoms with Crippen molar-refractivity contribution >= 4 is 63.6 Å². The van der Waals surface area contributed by atoms with Gasteiger partial charge < -0.3 is 19.9 Å². The zero-order valence-electron chi connectivity index (χ0n) is 44.4. The van der Waals surface area contributed by atoms with E-state index in [-0.39, 0.29) is 5.35 Å². The molecule has 0 saturated carbocycles. The fourth-order valence-corrected chi connectivity index (χ4v) is 14.7. The fourth-order valence-electron chi connectivity index (χ4n) is 10.9. The number of carbonyl (C=O) groups is 3. The van der Waals surface area contributed by atoms with Crippen molar-refractivity contribution in [1.29, 1.82) is 5.26 Å². The smallest absolute Gasteiger partial charge is 0.350 e. The van der Waals surface area contributed by atoms with Gasteiger partial charge in [0.2, 0.25) is 0 Å². The Kier molecular flexibility index (Phi) is 21.1. The molecule has 4 aromatic heterocycles. The summed E-state index contributed by atoms with van der Waals surface area (Å²) in [4.78, 5) is 57.8. The number of aryl methyl sites for hydroxylation is 5. The van der Waals surface area contributed by atoms with Gasteiger partial charge in [-0.2, -0.15) is 5.26 Å². The van der Waals surface area contributed by atoms with Crippen molar-refractivity contribution in [3.05, 3.63) is 126 Å². The molecule has 0 radical (unpaired) electrons. The maximum atomic E-state index is 14.2. The number of hydrogen-bond donors (Lipinski definition) is 3. The maximum Gasteiger partial charge on any atom is 0.350 e. The fraction of sp³-hybridized carbons (Fsp3) is 0.468. The van der Waals surface area contributed by atoms with E-state index >= 15 is 0 Å². The van der Waals surface area contributed by atoms with Crippen LogP contribution in [0.3, 0.4) is 0 Å². The number of benzene rings is 2. The van der Waals surface area contributed by atoms with Crippen molar-refractivity contribution in [2.45, 2.75) is 188 Å². The van der Waals surface area contributed by atoms with Gasteiger partial charge in [0.15, 0.2) is 5.57 Å². The maximum absolute atomic E-state index is 14.2. The summed E-state index contributed by atoms with van der Waals surface area (Å²) >= 11 is 5.23. The molecule has 0 amide bonds. The lowest BCUT2D eigenvalue weighted by Crippen LogP contribution is -2.37. The number of fused-ring (bicyclic) bond motifs is 2. The molecule has 0 aliphatic heterocycles. The number of thiophene rings is 3. The van der Waals surface area contributed by atoms with Crippen LogP contribution in [0.15, 0.2) is 65.5 Å². The molecule has 1 unspecified atom stereocenters. The molecule has 7 rings (SSSR count). The third-order valence-electron chi connectivity index (χ3n) is 14.7. The number of aromatic nitrogens is 2. The van der Waals surface area contributed by atoms with Gasteiger partial charge in [0.1, 0.15) is 30.0 Å². The van der Waals surface area contributed by atoms with Crippen LogP contribution in [0.5, 0.6) is 0 Å². The van der Waals surface area contributed by atoms with E-state index in [1.807, 2.05) is 22.7 Å². The predicted octanol–water partition coefficient (Wildman–Crippen LogP) is 14.2. The molecule has 0 fully saturated rings. The van der Waals surface area contributed by atoms with Crippen LogP contribution in [0.4, 0.5) is 0 Å². The van der Waals surface area contributed by atoms with E-state index < -0.39 is 47.6 Å². The first kappa shape index (κ1) is 56.9. The van der Waals surface area contributed by atoms with Gasteiger partial charge in [0, 0.05) is 35.2 Å². The molecule has 1 aliphatic rings.